The van der Waals surface area contributed by atoms with Gasteiger partial charge in [-0.3, -0.25) is 0 Å². The third-order valence-corrected chi connectivity index (χ3v) is 5.59. The van der Waals surface area contributed by atoms with Gasteiger partial charge in [0.05, 0.1) is 13.1 Å². The van der Waals surface area contributed by atoms with Gasteiger partial charge in [0.25, 0.3) is 0 Å². The Bertz CT molecular complexity index is 795. The van der Waals surface area contributed by atoms with Crippen molar-refractivity contribution in [2.24, 2.45) is 5.73 Å². The van der Waals surface area contributed by atoms with Crippen LogP contribution in [0.2, 0.25) is 0 Å². The van der Waals surface area contributed by atoms with Crippen molar-refractivity contribution in [1.82, 2.24) is 30.0 Å². The molecule has 0 spiro atoms. The molecular formula is C24H45N7O4. The second-order valence-corrected chi connectivity index (χ2v) is 11.1. The molecule has 1 aromatic heterocycles. The van der Waals surface area contributed by atoms with E-state index in [0.29, 0.717) is 44.8 Å². The molecule has 0 radical (unpaired) electrons. The van der Waals surface area contributed by atoms with Crippen LogP contribution in [0.5, 0.6) is 0 Å². The molecule has 0 bridgehead atoms. The summed E-state index contributed by atoms with van der Waals surface area (Å²) in [5.41, 5.74) is 4.40. The zero-order chi connectivity index (χ0) is 26.1. The number of nitrogens with two attached hydrogens (primary N) is 1. The van der Waals surface area contributed by atoms with Gasteiger partial charge in [-0.15, -0.1) is 10.2 Å². The number of carbonyl (C=O) groups excluding carboxylic acids is 2. The van der Waals surface area contributed by atoms with Crippen molar-refractivity contribution < 1.29 is 19.1 Å². The average Bonchev–Trinajstić information content (AvgIpc) is 3.21. The maximum absolute atomic E-state index is 13.0. The van der Waals surface area contributed by atoms with Gasteiger partial charge < -0.3 is 25.0 Å². The Labute approximate surface area is 209 Å². The molecule has 35 heavy (non-hydrogen) atoms. The molecule has 1 aliphatic rings. The molecule has 1 saturated carbocycles. The number of hydrogen-bond acceptors (Lipinski definition) is 8. The molecule has 1 heterocycles. The van der Waals surface area contributed by atoms with Gasteiger partial charge in [0.15, 0.2) is 5.82 Å². The molecule has 2 amide bonds. The van der Waals surface area contributed by atoms with Crippen LogP contribution in [0.1, 0.15) is 92.3 Å². The lowest BCUT2D eigenvalue weighted by Crippen LogP contribution is -2.46. The molecule has 0 aromatic carbocycles. The Hall–Kier alpha value is -2.43. The highest BCUT2D eigenvalue weighted by atomic mass is 16.6. The zero-order valence-electron chi connectivity index (χ0n) is 22.5. The Morgan fingerprint density at radius 3 is 2.11 bits per heavy atom. The van der Waals surface area contributed by atoms with Crippen LogP contribution in [0.4, 0.5) is 9.59 Å². The maximum Gasteiger partial charge on any atom is 0.410 e. The Kier molecular flexibility index (Phi) is 10.7. The summed E-state index contributed by atoms with van der Waals surface area (Å²) in [6, 6.07) is 0.184. The first-order valence-electron chi connectivity index (χ1n) is 12.8. The summed E-state index contributed by atoms with van der Waals surface area (Å²) in [6.07, 6.45) is 6.06. The van der Waals surface area contributed by atoms with E-state index in [1.807, 2.05) is 46.4 Å². The van der Waals surface area contributed by atoms with Crippen LogP contribution in [0.3, 0.4) is 0 Å². The number of amides is 2. The molecule has 2 N–H and O–H groups in total. The molecule has 0 unspecified atom stereocenters. The molecule has 0 aliphatic heterocycles. The number of tetrazole rings is 1. The first-order chi connectivity index (χ1) is 16.4. The smallest absolute Gasteiger partial charge is 0.410 e. The van der Waals surface area contributed by atoms with Crippen LogP contribution in [-0.2, 0) is 22.6 Å². The van der Waals surface area contributed by atoms with E-state index in [-0.39, 0.29) is 24.8 Å². The number of nitrogens with zero attached hydrogens (tertiary/aromatic N) is 6. The molecule has 2 rings (SSSR count). The van der Waals surface area contributed by atoms with Crippen LogP contribution in [0.15, 0.2) is 0 Å². The first kappa shape index (κ1) is 28.8. The van der Waals surface area contributed by atoms with Crippen LogP contribution in [0.25, 0.3) is 0 Å². The number of aromatic nitrogens is 4. The van der Waals surface area contributed by atoms with E-state index < -0.39 is 11.2 Å². The lowest BCUT2D eigenvalue weighted by atomic mass is 9.94. The van der Waals surface area contributed by atoms with Gasteiger partial charge >= 0.3 is 12.2 Å². The second kappa shape index (κ2) is 13.0. The minimum absolute atomic E-state index is 0.184. The van der Waals surface area contributed by atoms with Crippen molar-refractivity contribution >= 4 is 12.2 Å². The van der Waals surface area contributed by atoms with Crippen LogP contribution < -0.4 is 5.73 Å². The van der Waals surface area contributed by atoms with Crippen molar-refractivity contribution in [3.63, 3.8) is 0 Å². The topological polar surface area (TPSA) is 129 Å². The molecule has 11 heteroatoms. The van der Waals surface area contributed by atoms with E-state index in [0.717, 1.165) is 25.7 Å². The summed E-state index contributed by atoms with van der Waals surface area (Å²) in [7, 11) is 0. The monoisotopic (exact) mass is 495 g/mol. The first-order valence-corrected chi connectivity index (χ1v) is 12.8. The Morgan fingerprint density at radius 2 is 1.54 bits per heavy atom. The van der Waals surface area contributed by atoms with Gasteiger partial charge in [0, 0.05) is 25.7 Å². The van der Waals surface area contributed by atoms with Crippen molar-refractivity contribution in [2.45, 2.75) is 117 Å². The lowest BCUT2D eigenvalue weighted by molar-refractivity contribution is 0.00994. The molecule has 0 saturated heterocycles. The number of carbonyl (C=O) groups is 2. The van der Waals surface area contributed by atoms with Gasteiger partial charge in [0.1, 0.15) is 11.2 Å². The highest BCUT2D eigenvalue weighted by molar-refractivity contribution is 5.69. The Morgan fingerprint density at radius 1 is 0.943 bits per heavy atom. The predicted molar refractivity (Wildman–Crippen MR) is 133 cm³/mol. The number of hydrogen-bond donors (Lipinski definition) is 1. The van der Waals surface area contributed by atoms with Crippen molar-refractivity contribution in [2.75, 3.05) is 19.6 Å². The maximum atomic E-state index is 13.0. The van der Waals surface area contributed by atoms with Gasteiger partial charge in [-0.05, 0) is 72.4 Å². The van der Waals surface area contributed by atoms with Crippen LogP contribution in [0, 0.1) is 0 Å². The third-order valence-electron chi connectivity index (χ3n) is 5.59. The standard InChI is InChI=1S/C24H45N7O4/c1-23(2,3)34-21(32)29(15-11-17-31-27-20(18-25)26-28-31)14-10-16-30(19-12-8-7-9-13-19)22(33)35-24(4,5)6/h19H,7-18,25H2,1-6H3. The molecule has 200 valence electrons. The third kappa shape index (κ3) is 10.8. The van der Waals surface area contributed by atoms with Crippen LogP contribution >= 0.6 is 0 Å². The number of ether oxygens (including phenoxy) is 2. The lowest BCUT2D eigenvalue weighted by Gasteiger charge is -2.36. The summed E-state index contributed by atoms with van der Waals surface area (Å²) in [4.78, 5) is 30.9. The highest BCUT2D eigenvalue weighted by Gasteiger charge is 2.30. The molecular weight excluding hydrogens is 450 g/mol. The van der Waals surface area contributed by atoms with E-state index in [9.17, 15) is 9.59 Å². The van der Waals surface area contributed by atoms with Crippen molar-refractivity contribution in [3.05, 3.63) is 5.82 Å². The molecule has 1 aliphatic carbocycles. The minimum Gasteiger partial charge on any atom is -0.444 e. The average molecular weight is 496 g/mol. The quantitative estimate of drug-likeness (QED) is 0.520. The predicted octanol–water partition coefficient (Wildman–Crippen LogP) is 3.72. The number of rotatable bonds is 10. The van der Waals surface area contributed by atoms with Crippen LogP contribution in [-0.4, -0.2) is 79.1 Å². The summed E-state index contributed by atoms with van der Waals surface area (Å²) >= 11 is 0. The van der Waals surface area contributed by atoms with E-state index in [4.69, 9.17) is 15.2 Å². The van der Waals surface area contributed by atoms with Gasteiger partial charge in [-0.1, -0.05) is 19.3 Å². The van der Waals surface area contributed by atoms with Gasteiger partial charge in [-0.2, -0.15) is 4.80 Å². The van der Waals surface area contributed by atoms with Crippen molar-refractivity contribution in [1.29, 1.82) is 0 Å². The molecule has 11 nitrogen and oxygen atoms in total. The minimum atomic E-state index is -0.594. The number of aryl methyl sites for hydroxylation is 1. The van der Waals surface area contributed by atoms with E-state index in [1.165, 1.54) is 11.2 Å². The summed E-state index contributed by atoms with van der Waals surface area (Å²) < 4.78 is 11.3. The van der Waals surface area contributed by atoms with E-state index >= 15 is 0 Å². The largest absolute Gasteiger partial charge is 0.444 e. The fourth-order valence-corrected chi connectivity index (χ4v) is 4.04. The second-order valence-electron chi connectivity index (χ2n) is 11.1. The van der Waals surface area contributed by atoms with Crippen molar-refractivity contribution in [3.8, 4) is 0 Å². The Balaban J connectivity index is 1.99. The van der Waals surface area contributed by atoms with E-state index in [2.05, 4.69) is 15.4 Å². The summed E-state index contributed by atoms with van der Waals surface area (Å²) in [6.45, 7) is 13.4. The SMILES string of the molecule is CC(C)(C)OC(=O)N(CCCN(C(=O)OC(C)(C)C)C1CCCCC1)CCCn1nnc(CN)n1. The molecule has 1 fully saturated rings. The summed E-state index contributed by atoms with van der Waals surface area (Å²) in [5.74, 6) is 0.485. The van der Waals surface area contributed by atoms with E-state index in [1.54, 1.807) is 4.90 Å². The highest BCUT2D eigenvalue weighted by Crippen LogP contribution is 2.25. The fourth-order valence-electron chi connectivity index (χ4n) is 4.04. The summed E-state index contributed by atoms with van der Waals surface area (Å²) in [5, 5.41) is 12.0. The molecule has 1 aromatic rings. The normalized spacial score (nSPS) is 15.1. The van der Waals surface area contributed by atoms with Gasteiger partial charge in [0.2, 0.25) is 0 Å². The molecule has 0 atom stereocenters. The fraction of sp³-hybridized carbons (Fsp3) is 0.875. The zero-order valence-corrected chi connectivity index (χ0v) is 22.5. The van der Waals surface area contributed by atoms with Gasteiger partial charge in [-0.25, -0.2) is 9.59 Å².